The van der Waals surface area contributed by atoms with Gasteiger partial charge in [0.05, 0.1) is 11.4 Å². The monoisotopic (exact) mass is 367 g/mol. The molecule has 134 valence electrons. The van der Waals surface area contributed by atoms with Gasteiger partial charge in [0, 0.05) is 24.6 Å². The van der Waals surface area contributed by atoms with Crippen molar-refractivity contribution < 1.29 is 4.79 Å². The van der Waals surface area contributed by atoms with Crippen LogP contribution in [0.3, 0.4) is 0 Å². The lowest BCUT2D eigenvalue weighted by molar-refractivity contribution is -0.118. The second-order valence-electron chi connectivity index (χ2n) is 6.08. The molecule has 0 aliphatic rings. The molecule has 0 fully saturated rings. The zero-order chi connectivity index (χ0) is 18.5. The second kappa shape index (κ2) is 8.14. The van der Waals surface area contributed by atoms with Crippen molar-refractivity contribution in [1.29, 1.82) is 0 Å². The molecule has 0 unspecified atom stereocenters. The first-order chi connectivity index (χ1) is 12.5. The lowest BCUT2D eigenvalue weighted by Crippen LogP contribution is -2.24. The van der Waals surface area contributed by atoms with Gasteiger partial charge >= 0.3 is 0 Å². The zero-order valence-corrected chi connectivity index (χ0v) is 15.9. The number of amides is 1. The first-order valence-corrected chi connectivity index (χ1v) is 9.31. The summed E-state index contributed by atoms with van der Waals surface area (Å²) in [6, 6.07) is 10.1. The van der Waals surface area contributed by atoms with Gasteiger partial charge in [0.1, 0.15) is 5.03 Å². The number of benzene rings is 1. The van der Waals surface area contributed by atoms with Crippen LogP contribution in [0.5, 0.6) is 0 Å². The average Bonchev–Trinajstić information content (AvgIpc) is 2.98. The number of thioether (sulfide) groups is 1. The third-order valence-corrected chi connectivity index (χ3v) is 4.77. The van der Waals surface area contributed by atoms with Crippen LogP contribution < -0.4 is 5.32 Å². The highest BCUT2D eigenvalue weighted by molar-refractivity contribution is 8.00. The number of aromatic nitrogens is 4. The summed E-state index contributed by atoms with van der Waals surface area (Å²) in [6.45, 7) is 6.47. The number of nitrogens with zero attached hydrogens (tertiary/aromatic N) is 4. The highest BCUT2D eigenvalue weighted by Crippen LogP contribution is 2.22. The van der Waals surface area contributed by atoms with Crippen LogP contribution in [-0.2, 0) is 11.3 Å². The molecule has 1 N–H and O–H groups in total. The van der Waals surface area contributed by atoms with Gasteiger partial charge in [-0.15, -0.1) is 0 Å². The Morgan fingerprint density at radius 3 is 2.54 bits per heavy atom. The fourth-order valence-corrected chi connectivity index (χ4v) is 3.27. The molecule has 0 saturated heterocycles. The van der Waals surface area contributed by atoms with Crippen molar-refractivity contribution in [3.8, 4) is 5.82 Å². The fourth-order valence-electron chi connectivity index (χ4n) is 2.50. The van der Waals surface area contributed by atoms with Crippen LogP contribution in [0.4, 0.5) is 0 Å². The number of aryl methyl sites for hydroxylation is 3. The predicted molar refractivity (Wildman–Crippen MR) is 102 cm³/mol. The molecule has 7 heteroatoms. The summed E-state index contributed by atoms with van der Waals surface area (Å²) in [4.78, 5) is 20.9. The maximum Gasteiger partial charge on any atom is 0.230 e. The molecule has 1 amide bonds. The first-order valence-electron chi connectivity index (χ1n) is 8.32. The van der Waals surface area contributed by atoms with E-state index in [-0.39, 0.29) is 11.7 Å². The molecule has 0 aliphatic heterocycles. The van der Waals surface area contributed by atoms with Crippen LogP contribution in [-0.4, -0.2) is 31.4 Å². The van der Waals surface area contributed by atoms with E-state index in [0.29, 0.717) is 17.4 Å². The number of nitrogens with one attached hydrogen (secondary N) is 1. The van der Waals surface area contributed by atoms with Crippen LogP contribution >= 0.6 is 11.8 Å². The molecular formula is C19H21N5OS. The maximum absolute atomic E-state index is 12.2. The summed E-state index contributed by atoms with van der Waals surface area (Å²) in [5, 5.41) is 8.07. The number of hydrogen-bond donors (Lipinski definition) is 1. The molecular weight excluding hydrogens is 346 g/mol. The molecule has 3 aromatic rings. The van der Waals surface area contributed by atoms with Gasteiger partial charge in [0.15, 0.2) is 5.82 Å². The zero-order valence-electron chi connectivity index (χ0n) is 15.1. The van der Waals surface area contributed by atoms with Crippen LogP contribution in [0.15, 0.2) is 47.8 Å². The Labute approximate surface area is 157 Å². The molecule has 0 radical (unpaired) electrons. The van der Waals surface area contributed by atoms with Crippen molar-refractivity contribution in [2.75, 3.05) is 5.75 Å². The van der Waals surface area contributed by atoms with E-state index in [1.807, 2.05) is 51.1 Å². The first kappa shape index (κ1) is 18.1. The summed E-state index contributed by atoms with van der Waals surface area (Å²) in [6.07, 6.45) is 3.26. The quantitative estimate of drug-likeness (QED) is 0.678. The minimum Gasteiger partial charge on any atom is -0.351 e. The van der Waals surface area contributed by atoms with Crippen LogP contribution in [0.2, 0.25) is 0 Å². The Bertz CT molecular complexity index is 905. The van der Waals surface area contributed by atoms with Crippen molar-refractivity contribution >= 4 is 17.7 Å². The van der Waals surface area contributed by atoms with E-state index in [4.69, 9.17) is 0 Å². The summed E-state index contributed by atoms with van der Waals surface area (Å²) in [5.74, 6) is 0.881. The van der Waals surface area contributed by atoms with Gasteiger partial charge in [0.25, 0.3) is 0 Å². The summed E-state index contributed by atoms with van der Waals surface area (Å²) >= 11 is 1.36. The molecule has 26 heavy (non-hydrogen) atoms. The van der Waals surface area contributed by atoms with Crippen LogP contribution in [0.25, 0.3) is 5.82 Å². The van der Waals surface area contributed by atoms with Gasteiger partial charge in [-0.1, -0.05) is 41.6 Å². The predicted octanol–water partition coefficient (Wildman–Crippen LogP) is 3.00. The van der Waals surface area contributed by atoms with E-state index in [9.17, 15) is 4.79 Å². The van der Waals surface area contributed by atoms with E-state index < -0.39 is 0 Å². The number of carbonyl (C=O) groups excluding carboxylic acids is 1. The number of hydrogen-bond acceptors (Lipinski definition) is 5. The molecule has 6 nitrogen and oxygen atoms in total. The Morgan fingerprint density at radius 1 is 1.12 bits per heavy atom. The SMILES string of the molecule is Cc1ccc(CNC(=O)CSc2nccnc2-n2nc(C)cc2C)cc1. The molecule has 0 atom stereocenters. The number of carbonyl (C=O) groups is 1. The van der Waals surface area contributed by atoms with E-state index in [1.165, 1.54) is 17.3 Å². The summed E-state index contributed by atoms with van der Waals surface area (Å²) in [7, 11) is 0. The van der Waals surface area contributed by atoms with E-state index >= 15 is 0 Å². The standard InChI is InChI=1S/C19H21N5OS/c1-13-4-6-16(7-5-13)11-22-17(25)12-26-19-18(20-8-9-21-19)24-15(3)10-14(2)23-24/h4-10H,11-12H2,1-3H3,(H,22,25). The molecule has 1 aromatic carbocycles. The van der Waals surface area contributed by atoms with E-state index in [0.717, 1.165) is 17.0 Å². The van der Waals surface area contributed by atoms with Crippen LogP contribution in [0.1, 0.15) is 22.5 Å². The highest BCUT2D eigenvalue weighted by atomic mass is 32.2. The third-order valence-electron chi connectivity index (χ3n) is 3.81. The smallest absolute Gasteiger partial charge is 0.230 e. The molecule has 2 aromatic heterocycles. The van der Waals surface area contributed by atoms with Crippen molar-refractivity contribution in [1.82, 2.24) is 25.1 Å². The summed E-state index contributed by atoms with van der Waals surface area (Å²) < 4.78 is 1.76. The van der Waals surface area contributed by atoms with Gasteiger partial charge < -0.3 is 5.32 Å². The molecule has 3 rings (SSSR count). The van der Waals surface area contributed by atoms with Crippen molar-refractivity contribution in [3.05, 3.63) is 65.2 Å². The van der Waals surface area contributed by atoms with Gasteiger partial charge in [-0.2, -0.15) is 5.10 Å². The topological polar surface area (TPSA) is 72.7 Å². The van der Waals surface area contributed by atoms with Gasteiger partial charge in [-0.25, -0.2) is 14.6 Å². The van der Waals surface area contributed by atoms with Crippen molar-refractivity contribution in [2.24, 2.45) is 0 Å². The average molecular weight is 367 g/mol. The van der Waals surface area contributed by atoms with Gasteiger partial charge in [0.2, 0.25) is 5.91 Å². The summed E-state index contributed by atoms with van der Waals surface area (Å²) in [5.41, 5.74) is 4.18. The largest absolute Gasteiger partial charge is 0.351 e. The normalized spacial score (nSPS) is 10.7. The second-order valence-corrected chi connectivity index (χ2v) is 7.04. The van der Waals surface area contributed by atoms with Crippen LogP contribution in [0, 0.1) is 20.8 Å². The lowest BCUT2D eigenvalue weighted by Gasteiger charge is -2.09. The minimum atomic E-state index is -0.0412. The molecule has 2 heterocycles. The Morgan fingerprint density at radius 2 is 1.85 bits per heavy atom. The Balaban J connectivity index is 1.62. The van der Waals surface area contributed by atoms with Gasteiger partial charge in [-0.3, -0.25) is 4.79 Å². The maximum atomic E-state index is 12.2. The van der Waals surface area contributed by atoms with Crippen molar-refractivity contribution in [3.63, 3.8) is 0 Å². The van der Waals surface area contributed by atoms with Crippen molar-refractivity contribution in [2.45, 2.75) is 32.3 Å². The Kier molecular flexibility index (Phi) is 5.68. The highest BCUT2D eigenvalue weighted by Gasteiger charge is 2.13. The number of rotatable bonds is 6. The molecule has 0 aliphatic carbocycles. The molecule has 0 bridgehead atoms. The Hall–Kier alpha value is -2.67. The molecule has 0 saturated carbocycles. The fraction of sp³-hybridized carbons (Fsp3) is 0.263. The van der Waals surface area contributed by atoms with E-state index in [1.54, 1.807) is 17.1 Å². The van der Waals surface area contributed by atoms with Gasteiger partial charge in [-0.05, 0) is 32.4 Å². The third kappa shape index (κ3) is 4.49. The van der Waals surface area contributed by atoms with E-state index in [2.05, 4.69) is 20.4 Å². The lowest BCUT2D eigenvalue weighted by atomic mass is 10.1. The minimum absolute atomic E-state index is 0.0412. The molecule has 0 spiro atoms.